The van der Waals surface area contributed by atoms with Crippen LogP contribution in [-0.4, -0.2) is 31.6 Å². The van der Waals surface area contributed by atoms with Gasteiger partial charge in [-0.15, -0.1) is 11.6 Å². The Morgan fingerprint density at radius 3 is 2.90 bits per heavy atom. The third-order valence-electron chi connectivity index (χ3n) is 3.50. The molecule has 2 rings (SSSR count). The Balaban J connectivity index is 2.51. The number of fused-ring (bicyclic) bond motifs is 1. The summed E-state index contributed by atoms with van der Waals surface area (Å²) in [5.74, 6) is 2.02. The minimum Gasteiger partial charge on any atom is -0.325 e. The quantitative estimate of drug-likeness (QED) is 0.768. The van der Waals surface area contributed by atoms with Gasteiger partial charge in [-0.3, -0.25) is 4.21 Å². The highest BCUT2D eigenvalue weighted by atomic mass is 35.5. The van der Waals surface area contributed by atoms with Crippen molar-refractivity contribution in [1.82, 2.24) is 9.55 Å². The number of para-hydroxylation sites is 1. The molecule has 0 aliphatic carbocycles. The molecule has 0 N–H and O–H groups in total. The van der Waals surface area contributed by atoms with Crippen molar-refractivity contribution >= 4 is 33.4 Å². The van der Waals surface area contributed by atoms with Crippen molar-refractivity contribution in [1.29, 1.82) is 5.26 Å². The highest BCUT2D eigenvalue weighted by Crippen LogP contribution is 2.26. The Hall–Kier alpha value is -1.38. The fraction of sp³-hybridized carbons (Fsp3) is 0.467. The van der Waals surface area contributed by atoms with Crippen molar-refractivity contribution in [3.63, 3.8) is 0 Å². The first-order valence-corrected chi connectivity index (χ1v) is 9.10. The average Bonchev–Trinajstić information content (AvgIpc) is 2.83. The third-order valence-corrected chi connectivity index (χ3v) is 4.50. The van der Waals surface area contributed by atoms with Crippen LogP contribution in [0.1, 0.15) is 30.8 Å². The van der Waals surface area contributed by atoms with Crippen LogP contribution in [0.2, 0.25) is 0 Å². The number of rotatable bonds is 6. The number of nitriles is 1. The minimum atomic E-state index is -0.810. The Labute approximate surface area is 132 Å². The fourth-order valence-corrected chi connectivity index (χ4v) is 3.32. The van der Waals surface area contributed by atoms with E-state index < -0.39 is 10.8 Å². The molecule has 0 fully saturated rings. The number of benzene rings is 1. The molecule has 1 heterocycles. The lowest BCUT2D eigenvalue weighted by atomic mass is 10.2. The molecule has 0 bridgehead atoms. The topological polar surface area (TPSA) is 58.7 Å². The van der Waals surface area contributed by atoms with Crippen LogP contribution in [0.4, 0.5) is 0 Å². The number of aryl methyl sites for hydroxylation is 1. The first-order valence-electron chi connectivity index (χ1n) is 6.84. The van der Waals surface area contributed by atoms with Crippen molar-refractivity contribution in [2.45, 2.75) is 25.8 Å². The van der Waals surface area contributed by atoms with Crippen LogP contribution in [0.3, 0.4) is 0 Å². The van der Waals surface area contributed by atoms with Gasteiger partial charge in [0.25, 0.3) is 0 Å². The largest absolute Gasteiger partial charge is 0.325 e. The highest BCUT2D eigenvalue weighted by molar-refractivity contribution is 7.84. The zero-order chi connectivity index (χ0) is 15.4. The predicted molar refractivity (Wildman–Crippen MR) is 87.1 cm³/mol. The molecule has 0 radical (unpaired) electrons. The van der Waals surface area contributed by atoms with Crippen LogP contribution >= 0.6 is 11.6 Å². The molecule has 112 valence electrons. The summed E-state index contributed by atoms with van der Waals surface area (Å²) in [5.41, 5.74) is 2.25. The van der Waals surface area contributed by atoms with Crippen molar-refractivity contribution < 1.29 is 4.21 Å². The molecule has 1 aromatic heterocycles. The number of nitrogens with zero attached hydrogens (tertiary/aromatic N) is 3. The molecular weight excluding hydrogens is 306 g/mol. The van der Waals surface area contributed by atoms with E-state index in [9.17, 15) is 9.47 Å². The molecule has 0 amide bonds. The summed E-state index contributed by atoms with van der Waals surface area (Å²) < 4.78 is 13.4. The van der Waals surface area contributed by atoms with Gasteiger partial charge in [0.1, 0.15) is 17.4 Å². The zero-order valence-electron chi connectivity index (χ0n) is 12.2. The Morgan fingerprint density at radius 2 is 2.29 bits per heavy atom. The summed E-state index contributed by atoms with van der Waals surface area (Å²) in [5, 5.41) is 9.21. The smallest absolute Gasteiger partial charge is 0.111 e. The lowest BCUT2D eigenvalue weighted by Crippen LogP contribution is -2.12. The maximum Gasteiger partial charge on any atom is 0.111 e. The van der Waals surface area contributed by atoms with Crippen LogP contribution in [0.15, 0.2) is 18.2 Å². The molecule has 0 aliphatic rings. The number of halogens is 1. The second-order valence-electron chi connectivity index (χ2n) is 5.04. The van der Waals surface area contributed by atoms with E-state index in [1.807, 2.05) is 12.1 Å². The van der Waals surface area contributed by atoms with Gasteiger partial charge in [-0.05, 0) is 25.5 Å². The van der Waals surface area contributed by atoms with E-state index in [0.717, 1.165) is 23.3 Å². The van der Waals surface area contributed by atoms with Gasteiger partial charge in [0.2, 0.25) is 0 Å². The molecule has 0 saturated carbocycles. The lowest BCUT2D eigenvalue weighted by molar-refractivity contribution is 0.525. The van der Waals surface area contributed by atoms with Gasteiger partial charge in [-0.2, -0.15) is 5.26 Å². The summed E-state index contributed by atoms with van der Waals surface area (Å²) in [7, 11) is -0.810. The van der Waals surface area contributed by atoms with Gasteiger partial charge in [-0.1, -0.05) is 6.07 Å². The highest BCUT2D eigenvalue weighted by Gasteiger charge is 2.17. The Bertz CT molecular complexity index is 705. The molecule has 21 heavy (non-hydrogen) atoms. The zero-order valence-corrected chi connectivity index (χ0v) is 13.7. The van der Waals surface area contributed by atoms with E-state index in [1.54, 1.807) is 12.3 Å². The minimum absolute atomic E-state index is 0.172. The van der Waals surface area contributed by atoms with Crippen LogP contribution < -0.4 is 0 Å². The van der Waals surface area contributed by atoms with Crippen LogP contribution in [-0.2, 0) is 17.2 Å². The van der Waals surface area contributed by atoms with Gasteiger partial charge in [-0.25, -0.2) is 4.98 Å². The third kappa shape index (κ3) is 3.45. The number of aromatic nitrogens is 2. The molecule has 0 aliphatic heterocycles. The molecule has 2 aromatic rings. The number of alkyl halides is 1. The normalized spacial score (nSPS) is 14.0. The molecule has 2 unspecified atom stereocenters. The van der Waals surface area contributed by atoms with E-state index in [1.165, 1.54) is 0 Å². The van der Waals surface area contributed by atoms with Crippen molar-refractivity contribution in [3.8, 4) is 6.07 Å². The predicted octanol–water partition coefficient (Wildman–Crippen LogP) is 3.02. The summed E-state index contributed by atoms with van der Waals surface area (Å²) in [6.45, 7) is 2.09. The molecule has 0 spiro atoms. The van der Waals surface area contributed by atoms with Crippen LogP contribution in [0.25, 0.3) is 11.0 Å². The first kappa shape index (κ1) is 16.0. The van der Waals surface area contributed by atoms with Crippen molar-refractivity contribution in [2.75, 3.05) is 17.9 Å². The van der Waals surface area contributed by atoms with E-state index in [-0.39, 0.29) is 6.04 Å². The van der Waals surface area contributed by atoms with Gasteiger partial charge in [0.05, 0.1) is 11.1 Å². The average molecular weight is 324 g/mol. The number of hydrogen-bond acceptors (Lipinski definition) is 3. The summed E-state index contributed by atoms with van der Waals surface area (Å²) >= 11 is 5.87. The second kappa shape index (κ2) is 7.06. The number of imidazole rings is 1. The molecule has 6 heteroatoms. The van der Waals surface area contributed by atoms with Crippen molar-refractivity contribution in [3.05, 3.63) is 29.6 Å². The molecule has 4 nitrogen and oxygen atoms in total. The molecule has 1 aromatic carbocycles. The summed E-state index contributed by atoms with van der Waals surface area (Å²) in [6, 6.07) is 7.97. The number of hydrogen-bond donors (Lipinski definition) is 0. The monoisotopic (exact) mass is 323 g/mol. The second-order valence-corrected chi connectivity index (χ2v) is 6.97. The van der Waals surface area contributed by atoms with Gasteiger partial charge < -0.3 is 4.57 Å². The van der Waals surface area contributed by atoms with Crippen molar-refractivity contribution in [2.24, 2.45) is 0 Å². The first-order chi connectivity index (χ1) is 10.1. The lowest BCUT2D eigenvalue weighted by Gasteiger charge is -2.17. The maximum absolute atomic E-state index is 11.3. The van der Waals surface area contributed by atoms with E-state index >= 15 is 0 Å². The van der Waals surface area contributed by atoms with Gasteiger partial charge >= 0.3 is 0 Å². The maximum atomic E-state index is 11.3. The molecule has 0 saturated heterocycles. The van der Waals surface area contributed by atoms with E-state index in [0.29, 0.717) is 23.6 Å². The molecular formula is C15H18ClN3OS. The van der Waals surface area contributed by atoms with E-state index in [2.05, 4.69) is 22.5 Å². The molecule has 2 atom stereocenters. The summed E-state index contributed by atoms with van der Waals surface area (Å²) in [6.07, 6.45) is 3.17. The summed E-state index contributed by atoms with van der Waals surface area (Å²) in [4.78, 5) is 4.60. The van der Waals surface area contributed by atoms with Gasteiger partial charge in [0, 0.05) is 41.2 Å². The van der Waals surface area contributed by atoms with E-state index in [4.69, 9.17) is 11.6 Å². The SMILES string of the molecule is CC(CCS(C)=O)n1c(CCCl)nc2c(C#N)cccc21. The van der Waals surface area contributed by atoms with Crippen LogP contribution in [0.5, 0.6) is 0 Å². The standard InChI is InChI=1S/C15H18ClN3OS/c1-11(7-9-21(2)20)19-13-5-3-4-12(10-17)15(13)18-14(19)6-8-16/h3-5,11H,6-9H2,1-2H3. The fourth-order valence-electron chi connectivity index (χ4n) is 2.47. The Kier molecular flexibility index (Phi) is 5.38. The van der Waals surface area contributed by atoms with Crippen LogP contribution in [0, 0.1) is 11.3 Å². The van der Waals surface area contributed by atoms with Gasteiger partial charge in [0.15, 0.2) is 0 Å². The Morgan fingerprint density at radius 1 is 1.52 bits per heavy atom.